The number of para-hydroxylation sites is 1. The van der Waals surface area contributed by atoms with E-state index in [1.807, 2.05) is 7.05 Å². The Bertz CT molecular complexity index is 672. The van der Waals surface area contributed by atoms with E-state index in [1.54, 1.807) is 25.1 Å². The second kappa shape index (κ2) is 9.35. The summed E-state index contributed by atoms with van der Waals surface area (Å²) in [4.78, 5) is 25.1. The van der Waals surface area contributed by atoms with Crippen molar-refractivity contribution in [1.82, 2.24) is 4.90 Å². The lowest BCUT2D eigenvalue weighted by molar-refractivity contribution is -0.134. The number of hydrogen-bond acceptors (Lipinski definition) is 6. The van der Waals surface area contributed by atoms with Crippen LogP contribution in [0, 0.1) is 0 Å². The van der Waals surface area contributed by atoms with Gasteiger partial charge >= 0.3 is 5.97 Å². The predicted octanol–water partition coefficient (Wildman–Crippen LogP) is 1.85. The average molecular weight is 363 g/mol. The van der Waals surface area contributed by atoms with Crippen LogP contribution in [0.4, 0.5) is 0 Å². The number of likely N-dealkylation sites (tertiary alicyclic amines) is 1. The molecule has 0 aromatic heterocycles. The van der Waals surface area contributed by atoms with E-state index >= 15 is 0 Å². The highest BCUT2D eigenvalue weighted by molar-refractivity contribution is 5.86. The summed E-state index contributed by atoms with van der Waals surface area (Å²) < 4.78 is 16.7. The largest absolute Gasteiger partial charge is 0.492 e. The highest BCUT2D eigenvalue weighted by atomic mass is 16.5. The van der Waals surface area contributed by atoms with Gasteiger partial charge in [-0.15, -0.1) is 0 Å². The number of carbonyl (C=O) groups excluding carboxylic acids is 1. The third-order valence-corrected chi connectivity index (χ3v) is 4.19. The molecule has 0 saturated carbocycles. The molecule has 1 heterocycles. The lowest BCUT2D eigenvalue weighted by atomic mass is 10.1. The molecule has 1 fully saturated rings. The molecule has 0 spiro atoms. The first kappa shape index (κ1) is 19.9. The highest BCUT2D eigenvalue weighted by Crippen LogP contribution is 2.32. The van der Waals surface area contributed by atoms with Crippen LogP contribution in [0.15, 0.2) is 24.3 Å². The normalized spacial score (nSPS) is 18.8. The molecule has 1 aromatic carbocycles. The Morgan fingerprint density at radius 1 is 1.42 bits per heavy atom. The molecule has 1 saturated heterocycles. The molecule has 0 amide bonds. The van der Waals surface area contributed by atoms with Crippen molar-refractivity contribution in [3.05, 3.63) is 29.8 Å². The zero-order valence-electron chi connectivity index (χ0n) is 15.3. The fourth-order valence-corrected chi connectivity index (χ4v) is 2.79. The summed E-state index contributed by atoms with van der Waals surface area (Å²) in [6.07, 6.45) is 2.87. The second-order valence-corrected chi connectivity index (χ2v) is 6.26. The van der Waals surface area contributed by atoms with Crippen molar-refractivity contribution in [2.45, 2.75) is 25.6 Å². The molecular weight excluding hydrogens is 338 g/mol. The number of carbonyl (C=O) groups is 2. The van der Waals surface area contributed by atoms with Gasteiger partial charge in [0.05, 0.1) is 13.2 Å². The number of carboxylic acid groups (broad SMARTS) is 1. The molecule has 0 aliphatic carbocycles. The van der Waals surface area contributed by atoms with Gasteiger partial charge in [0.2, 0.25) is 0 Å². The Hall–Kier alpha value is -2.38. The molecule has 2 atom stereocenters. The number of ether oxygens (including phenoxy) is 3. The molecule has 1 aromatic rings. The Labute approximate surface area is 153 Å². The van der Waals surface area contributed by atoms with Crippen LogP contribution < -0.4 is 9.47 Å². The van der Waals surface area contributed by atoms with Gasteiger partial charge in [-0.3, -0.25) is 4.79 Å². The van der Waals surface area contributed by atoms with Crippen LogP contribution in [0.3, 0.4) is 0 Å². The van der Waals surface area contributed by atoms with Crippen LogP contribution in [0.5, 0.6) is 11.5 Å². The summed E-state index contributed by atoms with van der Waals surface area (Å²) in [6, 6.07) is 5.08. The summed E-state index contributed by atoms with van der Waals surface area (Å²) in [7, 11) is 3.49. The number of ketones is 1. The van der Waals surface area contributed by atoms with E-state index in [9.17, 15) is 9.59 Å². The molecule has 2 unspecified atom stereocenters. The minimum Gasteiger partial charge on any atom is -0.492 e. The molecule has 142 valence electrons. The van der Waals surface area contributed by atoms with E-state index in [0.29, 0.717) is 17.1 Å². The molecule has 1 aliphatic rings. The van der Waals surface area contributed by atoms with Gasteiger partial charge in [-0.1, -0.05) is 12.1 Å². The number of benzene rings is 1. The van der Waals surface area contributed by atoms with Crippen LogP contribution in [0.2, 0.25) is 0 Å². The third kappa shape index (κ3) is 5.57. The van der Waals surface area contributed by atoms with Gasteiger partial charge in [-0.05, 0) is 32.5 Å². The van der Waals surface area contributed by atoms with Crippen molar-refractivity contribution in [2.24, 2.45) is 0 Å². The van der Waals surface area contributed by atoms with Crippen LogP contribution in [-0.4, -0.2) is 67.8 Å². The molecular formula is C19H25NO6. The van der Waals surface area contributed by atoms with Crippen LogP contribution in [0.1, 0.15) is 18.9 Å². The third-order valence-electron chi connectivity index (χ3n) is 4.19. The van der Waals surface area contributed by atoms with Gasteiger partial charge in [-0.2, -0.15) is 0 Å². The minimum absolute atomic E-state index is 0.0676. The van der Waals surface area contributed by atoms with Crippen LogP contribution in [-0.2, 0) is 14.3 Å². The number of likely N-dealkylation sites (N-methyl/N-ethyl adjacent to an activating group) is 1. The van der Waals surface area contributed by atoms with E-state index in [0.717, 1.165) is 25.6 Å². The van der Waals surface area contributed by atoms with Crippen molar-refractivity contribution in [1.29, 1.82) is 0 Å². The lowest BCUT2D eigenvalue weighted by Gasteiger charge is -2.18. The van der Waals surface area contributed by atoms with Crippen molar-refractivity contribution in [3.63, 3.8) is 0 Å². The predicted molar refractivity (Wildman–Crippen MR) is 96.6 cm³/mol. The zero-order chi connectivity index (χ0) is 19.1. The molecule has 0 bridgehead atoms. The summed E-state index contributed by atoms with van der Waals surface area (Å²) >= 11 is 0. The molecule has 26 heavy (non-hydrogen) atoms. The quantitative estimate of drug-likeness (QED) is 0.670. The number of rotatable bonds is 9. The highest BCUT2D eigenvalue weighted by Gasteiger charge is 2.25. The maximum atomic E-state index is 12.3. The average Bonchev–Trinajstić information content (AvgIpc) is 3.02. The maximum Gasteiger partial charge on any atom is 0.328 e. The first-order chi connectivity index (χ1) is 12.4. The number of hydrogen-bond donors (Lipinski definition) is 1. The summed E-state index contributed by atoms with van der Waals surface area (Å²) in [5.74, 6) is -0.463. The van der Waals surface area contributed by atoms with Gasteiger partial charge < -0.3 is 24.2 Å². The second-order valence-electron chi connectivity index (χ2n) is 6.26. The topological polar surface area (TPSA) is 85.3 Å². The van der Waals surface area contributed by atoms with Crippen molar-refractivity contribution >= 4 is 17.8 Å². The summed E-state index contributed by atoms with van der Waals surface area (Å²) in [5.41, 5.74) is 0.554. The van der Waals surface area contributed by atoms with E-state index in [-0.39, 0.29) is 18.5 Å². The Morgan fingerprint density at radius 3 is 2.81 bits per heavy atom. The number of carboxylic acids is 1. The molecule has 0 radical (unpaired) electrons. The molecule has 1 N–H and O–H groups in total. The van der Waals surface area contributed by atoms with Gasteiger partial charge in [0.25, 0.3) is 0 Å². The van der Waals surface area contributed by atoms with Crippen LogP contribution >= 0.6 is 0 Å². The number of nitrogens with zero attached hydrogens (tertiary/aromatic N) is 1. The van der Waals surface area contributed by atoms with Gasteiger partial charge in [0.1, 0.15) is 12.7 Å². The molecule has 7 heteroatoms. The lowest BCUT2D eigenvalue weighted by Crippen LogP contribution is -2.31. The maximum absolute atomic E-state index is 12.3. The van der Waals surface area contributed by atoms with E-state index in [1.165, 1.54) is 13.2 Å². The van der Waals surface area contributed by atoms with Crippen LogP contribution in [0.25, 0.3) is 6.08 Å². The SMILES string of the molecule is COc1c(/C=C/C(=O)O)cccc1OCC(=O)C(C)OC1CCN(C)C1. The summed E-state index contributed by atoms with van der Waals surface area (Å²) in [5, 5.41) is 8.76. The van der Waals surface area contributed by atoms with Gasteiger partial charge in [0, 0.05) is 24.7 Å². The van der Waals surface area contributed by atoms with E-state index in [2.05, 4.69) is 4.90 Å². The Morgan fingerprint density at radius 2 is 2.19 bits per heavy atom. The van der Waals surface area contributed by atoms with E-state index < -0.39 is 12.1 Å². The number of methoxy groups -OCH3 is 1. The standard InChI is InChI=1S/C19H25NO6/c1-13(26-15-9-10-20(2)11-15)16(21)12-25-17-6-4-5-14(19(17)24-3)7-8-18(22)23/h4-8,13,15H,9-12H2,1-3H3,(H,22,23)/b8-7+. The molecule has 1 aliphatic heterocycles. The fourth-order valence-electron chi connectivity index (χ4n) is 2.79. The number of Topliss-reactive ketones (excluding diaryl/α,β-unsaturated/α-hetero) is 1. The zero-order valence-corrected chi connectivity index (χ0v) is 15.3. The molecule has 2 rings (SSSR count). The first-order valence-electron chi connectivity index (χ1n) is 8.48. The fraction of sp³-hybridized carbons (Fsp3) is 0.474. The van der Waals surface area contributed by atoms with Crippen molar-refractivity contribution in [2.75, 3.05) is 33.9 Å². The monoisotopic (exact) mass is 363 g/mol. The number of aliphatic carboxylic acids is 1. The smallest absolute Gasteiger partial charge is 0.328 e. The first-order valence-corrected chi connectivity index (χ1v) is 8.48. The van der Waals surface area contributed by atoms with Crippen molar-refractivity contribution in [3.8, 4) is 11.5 Å². The summed E-state index contributed by atoms with van der Waals surface area (Å²) in [6.45, 7) is 3.37. The Kier molecular flexibility index (Phi) is 7.17. The van der Waals surface area contributed by atoms with Gasteiger partial charge in [-0.25, -0.2) is 4.79 Å². The Balaban J connectivity index is 1.96. The molecule has 7 nitrogen and oxygen atoms in total. The van der Waals surface area contributed by atoms with Crippen molar-refractivity contribution < 1.29 is 28.9 Å². The minimum atomic E-state index is -1.06. The van der Waals surface area contributed by atoms with E-state index in [4.69, 9.17) is 19.3 Å². The van der Waals surface area contributed by atoms with Gasteiger partial charge in [0.15, 0.2) is 17.3 Å².